The molecular weight excluding hydrogens is 160 g/mol. The van der Waals surface area contributed by atoms with E-state index in [1.807, 2.05) is 6.92 Å². The predicted molar refractivity (Wildman–Crippen MR) is 55.2 cm³/mol. The molecule has 0 aromatic rings. The number of allylic oxidation sites excluding steroid dienone is 1. The van der Waals surface area contributed by atoms with Crippen LogP contribution in [0.2, 0.25) is 0 Å². The van der Waals surface area contributed by atoms with Gasteiger partial charge in [0, 0.05) is 6.42 Å². The quantitative estimate of drug-likeness (QED) is 0.520. The van der Waals surface area contributed by atoms with Gasteiger partial charge in [-0.05, 0) is 39.0 Å². The van der Waals surface area contributed by atoms with E-state index in [1.165, 1.54) is 31.3 Å². The Morgan fingerprint density at radius 3 is 3.00 bits per heavy atom. The highest BCUT2D eigenvalue weighted by molar-refractivity contribution is 5.08. The first kappa shape index (κ1) is 10.3. The fourth-order valence-corrected chi connectivity index (χ4v) is 1.68. The van der Waals surface area contributed by atoms with Gasteiger partial charge in [0.2, 0.25) is 0 Å². The van der Waals surface area contributed by atoms with E-state index < -0.39 is 0 Å². The Bertz CT molecular complexity index is 229. The van der Waals surface area contributed by atoms with Crippen LogP contribution in [0.15, 0.2) is 11.6 Å². The van der Waals surface area contributed by atoms with E-state index in [2.05, 4.69) is 17.9 Å². The molecule has 0 bridgehead atoms. The van der Waals surface area contributed by atoms with Gasteiger partial charge < -0.3 is 5.11 Å². The smallest absolute Gasteiger partial charge is 0.0686 e. The van der Waals surface area contributed by atoms with Crippen LogP contribution in [-0.4, -0.2) is 11.2 Å². The fraction of sp³-hybridized carbons (Fsp3) is 0.667. The first-order valence-corrected chi connectivity index (χ1v) is 5.08. The van der Waals surface area contributed by atoms with Crippen molar-refractivity contribution in [3.05, 3.63) is 11.6 Å². The topological polar surface area (TPSA) is 20.2 Å². The summed E-state index contributed by atoms with van der Waals surface area (Å²) in [6.45, 7) is 1.81. The molecule has 72 valence electrons. The second-order valence-corrected chi connectivity index (χ2v) is 3.60. The van der Waals surface area contributed by atoms with Gasteiger partial charge in [-0.3, -0.25) is 0 Å². The second kappa shape index (κ2) is 5.83. The minimum atomic E-state index is -0.253. The molecule has 1 aliphatic carbocycles. The molecule has 0 radical (unpaired) electrons. The van der Waals surface area contributed by atoms with Crippen LogP contribution in [-0.2, 0) is 0 Å². The molecule has 0 heterocycles. The third-order valence-electron chi connectivity index (χ3n) is 2.40. The Labute approximate surface area is 80.9 Å². The third kappa shape index (κ3) is 4.15. The van der Waals surface area contributed by atoms with E-state index in [9.17, 15) is 5.11 Å². The van der Waals surface area contributed by atoms with Gasteiger partial charge in [-0.1, -0.05) is 11.6 Å². The fourth-order valence-electron chi connectivity index (χ4n) is 1.68. The van der Waals surface area contributed by atoms with Crippen LogP contribution < -0.4 is 0 Å². The molecule has 13 heavy (non-hydrogen) atoms. The normalized spacial score (nSPS) is 18.5. The lowest BCUT2D eigenvalue weighted by Gasteiger charge is -2.14. The first-order valence-electron chi connectivity index (χ1n) is 5.08. The highest BCUT2D eigenvalue weighted by atomic mass is 16.3. The van der Waals surface area contributed by atoms with Crippen molar-refractivity contribution in [3.63, 3.8) is 0 Å². The van der Waals surface area contributed by atoms with E-state index in [4.69, 9.17) is 0 Å². The second-order valence-electron chi connectivity index (χ2n) is 3.60. The summed E-state index contributed by atoms with van der Waals surface area (Å²) >= 11 is 0. The summed E-state index contributed by atoms with van der Waals surface area (Å²) in [5.41, 5.74) is 1.43. The van der Waals surface area contributed by atoms with Gasteiger partial charge in [-0.25, -0.2) is 0 Å². The van der Waals surface area contributed by atoms with E-state index in [0.717, 1.165) is 6.42 Å². The SMILES string of the molecule is CC#CCC(O)CC1=CCCCC1. The van der Waals surface area contributed by atoms with Crippen molar-refractivity contribution >= 4 is 0 Å². The molecule has 1 rings (SSSR count). The van der Waals surface area contributed by atoms with Crippen molar-refractivity contribution in [2.75, 3.05) is 0 Å². The number of hydrogen-bond donors (Lipinski definition) is 1. The Morgan fingerprint density at radius 1 is 1.54 bits per heavy atom. The summed E-state index contributed by atoms with van der Waals surface area (Å²) in [4.78, 5) is 0. The Kier molecular flexibility index (Phi) is 4.64. The van der Waals surface area contributed by atoms with Crippen LogP contribution in [0.4, 0.5) is 0 Å². The minimum Gasteiger partial charge on any atom is -0.392 e. The van der Waals surface area contributed by atoms with E-state index in [1.54, 1.807) is 0 Å². The van der Waals surface area contributed by atoms with Crippen molar-refractivity contribution in [1.29, 1.82) is 0 Å². The van der Waals surface area contributed by atoms with Gasteiger partial charge >= 0.3 is 0 Å². The number of rotatable bonds is 3. The Morgan fingerprint density at radius 2 is 2.38 bits per heavy atom. The predicted octanol–water partition coefficient (Wildman–Crippen LogP) is 2.65. The summed E-state index contributed by atoms with van der Waals surface area (Å²) in [7, 11) is 0. The lowest BCUT2D eigenvalue weighted by molar-refractivity contribution is 0.179. The number of hydrogen-bond acceptors (Lipinski definition) is 1. The zero-order valence-electron chi connectivity index (χ0n) is 8.34. The monoisotopic (exact) mass is 178 g/mol. The molecule has 0 spiro atoms. The van der Waals surface area contributed by atoms with Gasteiger partial charge in [0.15, 0.2) is 0 Å². The maximum Gasteiger partial charge on any atom is 0.0686 e. The van der Waals surface area contributed by atoms with Crippen molar-refractivity contribution in [3.8, 4) is 11.8 Å². The van der Waals surface area contributed by atoms with Crippen molar-refractivity contribution in [2.24, 2.45) is 0 Å². The zero-order valence-corrected chi connectivity index (χ0v) is 8.34. The van der Waals surface area contributed by atoms with Gasteiger partial charge in [0.1, 0.15) is 0 Å². The lowest BCUT2D eigenvalue weighted by atomic mass is 9.94. The van der Waals surface area contributed by atoms with Crippen LogP contribution in [0.25, 0.3) is 0 Å². The molecule has 0 aromatic carbocycles. The largest absolute Gasteiger partial charge is 0.392 e. The summed E-state index contributed by atoms with van der Waals surface area (Å²) in [5, 5.41) is 9.59. The molecule has 1 N–H and O–H groups in total. The lowest BCUT2D eigenvalue weighted by Crippen LogP contribution is -2.07. The summed E-state index contributed by atoms with van der Waals surface area (Å²) in [5.74, 6) is 5.72. The molecule has 1 heteroatoms. The Balaban J connectivity index is 2.28. The highest BCUT2D eigenvalue weighted by Gasteiger charge is 2.08. The zero-order chi connectivity index (χ0) is 9.52. The van der Waals surface area contributed by atoms with Gasteiger partial charge in [-0.15, -0.1) is 11.8 Å². The average Bonchev–Trinajstić information content (AvgIpc) is 2.16. The van der Waals surface area contributed by atoms with Gasteiger partial charge in [-0.2, -0.15) is 0 Å². The molecule has 0 aliphatic heterocycles. The molecule has 1 atom stereocenters. The number of aliphatic hydroxyl groups is 1. The molecule has 0 amide bonds. The Hall–Kier alpha value is -0.740. The van der Waals surface area contributed by atoms with Crippen LogP contribution >= 0.6 is 0 Å². The summed E-state index contributed by atoms with van der Waals surface area (Å²) in [6.07, 6.45) is 8.45. The van der Waals surface area contributed by atoms with Crippen molar-refractivity contribution in [2.45, 2.75) is 51.6 Å². The van der Waals surface area contributed by atoms with Crippen LogP contribution in [0.5, 0.6) is 0 Å². The van der Waals surface area contributed by atoms with Gasteiger partial charge in [0.05, 0.1) is 6.10 Å². The number of aliphatic hydroxyl groups excluding tert-OH is 1. The molecular formula is C12H18O. The van der Waals surface area contributed by atoms with Crippen LogP contribution in [0.3, 0.4) is 0 Å². The molecule has 1 nitrogen and oxygen atoms in total. The molecule has 0 fully saturated rings. The van der Waals surface area contributed by atoms with Crippen molar-refractivity contribution in [1.82, 2.24) is 0 Å². The van der Waals surface area contributed by atoms with E-state index in [0.29, 0.717) is 6.42 Å². The van der Waals surface area contributed by atoms with Crippen molar-refractivity contribution < 1.29 is 5.11 Å². The van der Waals surface area contributed by atoms with E-state index >= 15 is 0 Å². The summed E-state index contributed by atoms with van der Waals surface area (Å²) in [6, 6.07) is 0. The maximum atomic E-state index is 9.59. The van der Waals surface area contributed by atoms with Crippen LogP contribution in [0.1, 0.15) is 45.4 Å². The first-order chi connectivity index (χ1) is 6.33. The molecule has 1 aliphatic rings. The third-order valence-corrected chi connectivity index (χ3v) is 2.40. The highest BCUT2D eigenvalue weighted by Crippen LogP contribution is 2.21. The standard InChI is InChI=1S/C12H18O/c1-2-3-9-12(13)10-11-7-5-4-6-8-11/h7,12-13H,4-6,8-10H2,1H3. The molecule has 0 saturated carbocycles. The average molecular weight is 178 g/mol. The van der Waals surface area contributed by atoms with Crippen LogP contribution in [0, 0.1) is 11.8 Å². The molecule has 0 aromatic heterocycles. The van der Waals surface area contributed by atoms with E-state index in [-0.39, 0.29) is 6.10 Å². The molecule has 0 saturated heterocycles. The minimum absolute atomic E-state index is 0.253. The van der Waals surface area contributed by atoms with Gasteiger partial charge in [0.25, 0.3) is 0 Å². The molecule has 1 unspecified atom stereocenters. The maximum absolute atomic E-state index is 9.59. The summed E-state index contributed by atoms with van der Waals surface area (Å²) < 4.78 is 0.